The van der Waals surface area contributed by atoms with Crippen molar-refractivity contribution in [3.05, 3.63) is 42.4 Å². The minimum absolute atomic E-state index is 0.0744. The van der Waals surface area contributed by atoms with Gasteiger partial charge in [-0.3, -0.25) is 9.59 Å². The molecule has 6 nitrogen and oxygen atoms in total. The van der Waals surface area contributed by atoms with E-state index in [0.29, 0.717) is 36.8 Å². The van der Waals surface area contributed by atoms with Crippen LogP contribution in [0.25, 0.3) is 11.3 Å². The number of nitrogens with zero attached hydrogens (tertiary/aromatic N) is 2. The maximum atomic E-state index is 13.0. The normalized spacial score (nSPS) is 17.9. The maximum Gasteiger partial charge on any atom is 0.254 e. The van der Waals surface area contributed by atoms with Crippen molar-refractivity contribution >= 4 is 11.8 Å². The Morgan fingerprint density at radius 3 is 3.00 bits per heavy atom. The minimum Gasteiger partial charge on any atom is -0.444 e. The average molecular weight is 327 g/mol. The Kier molecular flexibility index (Phi) is 4.64. The molecule has 0 bridgehead atoms. The van der Waals surface area contributed by atoms with Crippen LogP contribution in [0.4, 0.5) is 0 Å². The Morgan fingerprint density at radius 2 is 2.29 bits per heavy atom. The number of hydrogen-bond acceptors (Lipinski definition) is 4. The molecule has 6 heteroatoms. The molecule has 2 heterocycles. The van der Waals surface area contributed by atoms with Crippen LogP contribution in [0.15, 0.2) is 41.3 Å². The molecule has 24 heavy (non-hydrogen) atoms. The van der Waals surface area contributed by atoms with Crippen molar-refractivity contribution in [2.45, 2.75) is 26.3 Å². The number of aromatic nitrogens is 1. The van der Waals surface area contributed by atoms with Crippen molar-refractivity contribution in [2.75, 3.05) is 13.1 Å². The summed E-state index contributed by atoms with van der Waals surface area (Å²) >= 11 is 0. The highest BCUT2D eigenvalue weighted by Gasteiger charge is 2.33. The predicted octanol–water partition coefficient (Wildman–Crippen LogP) is 2.33. The Morgan fingerprint density at radius 1 is 1.46 bits per heavy atom. The number of nitrogens with one attached hydrogen (secondary N) is 1. The van der Waals surface area contributed by atoms with E-state index in [1.54, 1.807) is 23.2 Å². The van der Waals surface area contributed by atoms with E-state index in [9.17, 15) is 9.59 Å². The van der Waals surface area contributed by atoms with Gasteiger partial charge in [0.15, 0.2) is 12.2 Å². The van der Waals surface area contributed by atoms with Crippen molar-refractivity contribution in [2.24, 2.45) is 5.92 Å². The molecule has 3 rings (SSSR count). The third kappa shape index (κ3) is 3.32. The lowest BCUT2D eigenvalue weighted by Crippen LogP contribution is -2.57. The third-order valence-corrected chi connectivity index (χ3v) is 4.11. The van der Waals surface area contributed by atoms with Crippen molar-refractivity contribution < 1.29 is 14.0 Å². The fraction of sp³-hybridized carbons (Fsp3) is 0.389. The van der Waals surface area contributed by atoms with E-state index in [-0.39, 0.29) is 11.8 Å². The lowest BCUT2D eigenvalue weighted by Gasteiger charge is -2.36. The quantitative estimate of drug-likeness (QED) is 0.935. The topological polar surface area (TPSA) is 75.4 Å². The standard InChI is InChI=1S/C18H21N3O3/c1-12(2)8-15-17(22)20-6-7-21(15)18(23)14-5-3-4-13(9-14)16-10-19-11-24-16/h3-5,9-12,15H,6-8H2,1-2H3,(H,20,22). The first-order valence-corrected chi connectivity index (χ1v) is 8.14. The highest BCUT2D eigenvalue weighted by molar-refractivity contribution is 5.99. The summed E-state index contributed by atoms with van der Waals surface area (Å²) in [5, 5.41) is 2.85. The number of rotatable bonds is 4. The van der Waals surface area contributed by atoms with Gasteiger partial charge in [-0.15, -0.1) is 0 Å². The fourth-order valence-corrected chi connectivity index (χ4v) is 2.97. The molecule has 1 N–H and O–H groups in total. The van der Waals surface area contributed by atoms with Crippen LogP contribution in [0.1, 0.15) is 30.6 Å². The molecular formula is C18H21N3O3. The molecule has 1 unspecified atom stereocenters. The highest BCUT2D eigenvalue weighted by Crippen LogP contribution is 2.22. The van der Waals surface area contributed by atoms with Gasteiger partial charge in [-0.05, 0) is 24.5 Å². The summed E-state index contributed by atoms with van der Waals surface area (Å²) in [5.41, 5.74) is 1.34. The molecule has 1 aromatic carbocycles. The van der Waals surface area contributed by atoms with E-state index in [1.165, 1.54) is 6.39 Å². The second-order valence-electron chi connectivity index (χ2n) is 6.38. The number of carbonyl (C=O) groups is 2. The Labute approximate surface area is 140 Å². The molecule has 1 aliphatic heterocycles. The molecule has 1 aromatic heterocycles. The predicted molar refractivity (Wildman–Crippen MR) is 89.2 cm³/mol. The lowest BCUT2D eigenvalue weighted by atomic mass is 9.98. The summed E-state index contributed by atoms with van der Waals surface area (Å²) in [6, 6.07) is 6.81. The van der Waals surface area contributed by atoms with Crippen molar-refractivity contribution in [3.63, 3.8) is 0 Å². The Balaban J connectivity index is 1.87. The van der Waals surface area contributed by atoms with Crippen LogP contribution >= 0.6 is 0 Å². The van der Waals surface area contributed by atoms with Gasteiger partial charge in [-0.1, -0.05) is 26.0 Å². The van der Waals surface area contributed by atoms with Crippen LogP contribution in [0.3, 0.4) is 0 Å². The molecule has 0 radical (unpaired) electrons. The second-order valence-corrected chi connectivity index (χ2v) is 6.38. The molecule has 0 saturated carbocycles. The number of carbonyl (C=O) groups excluding carboxylic acids is 2. The second kappa shape index (κ2) is 6.86. The van der Waals surface area contributed by atoms with Gasteiger partial charge in [0.2, 0.25) is 5.91 Å². The number of piperazine rings is 1. The van der Waals surface area contributed by atoms with Crippen LogP contribution in [-0.2, 0) is 4.79 Å². The minimum atomic E-state index is -0.416. The van der Waals surface area contributed by atoms with Gasteiger partial charge in [0, 0.05) is 24.2 Å². The highest BCUT2D eigenvalue weighted by atomic mass is 16.3. The molecule has 2 aromatic rings. The van der Waals surface area contributed by atoms with E-state index < -0.39 is 6.04 Å². The van der Waals surface area contributed by atoms with Gasteiger partial charge in [0.25, 0.3) is 5.91 Å². The molecule has 126 valence electrons. The van der Waals surface area contributed by atoms with E-state index in [2.05, 4.69) is 24.1 Å². The van der Waals surface area contributed by atoms with Crippen molar-refractivity contribution in [1.29, 1.82) is 0 Å². The summed E-state index contributed by atoms with van der Waals surface area (Å²) in [6.07, 6.45) is 3.62. The first-order chi connectivity index (χ1) is 11.6. The van der Waals surface area contributed by atoms with Gasteiger partial charge in [0.1, 0.15) is 6.04 Å². The molecule has 2 amide bonds. The first-order valence-electron chi connectivity index (χ1n) is 8.14. The van der Waals surface area contributed by atoms with Gasteiger partial charge in [-0.25, -0.2) is 4.98 Å². The lowest BCUT2D eigenvalue weighted by molar-refractivity contribution is -0.128. The molecule has 1 aliphatic rings. The number of benzene rings is 1. The van der Waals surface area contributed by atoms with E-state index in [0.717, 1.165) is 5.56 Å². The summed E-state index contributed by atoms with van der Waals surface area (Å²) in [4.78, 5) is 30.7. The van der Waals surface area contributed by atoms with Gasteiger partial charge < -0.3 is 14.6 Å². The third-order valence-electron chi connectivity index (χ3n) is 4.11. The van der Waals surface area contributed by atoms with E-state index in [1.807, 2.05) is 12.1 Å². The Bertz CT molecular complexity index is 725. The molecule has 0 spiro atoms. The van der Waals surface area contributed by atoms with Gasteiger partial charge in [-0.2, -0.15) is 0 Å². The molecule has 1 saturated heterocycles. The number of oxazole rings is 1. The SMILES string of the molecule is CC(C)CC1C(=O)NCCN1C(=O)c1cccc(-c2cnco2)c1. The fourth-order valence-electron chi connectivity index (χ4n) is 2.97. The van der Waals surface area contributed by atoms with Gasteiger partial charge in [0.05, 0.1) is 6.20 Å². The summed E-state index contributed by atoms with van der Waals surface area (Å²) < 4.78 is 5.29. The zero-order valence-corrected chi connectivity index (χ0v) is 13.9. The van der Waals surface area contributed by atoms with Crippen molar-refractivity contribution in [3.8, 4) is 11.3 Å². The zero-order valence-electron chi connectivity index (χ0n) is 13.9. The van der Waals surface area contributed by atoms with Crippen LogP contribution in [0, 0.1) is 5.92 Å². The summed E-state index contributed by atoms with van der Waals surface area (Å²) in [7, 11) is 0. The van der Waals surface area contributed by atoms with E-state index >= 15 is 0 Å². The summed E-state index contributed by atoms with van der Waals surface area (Å²) in [5.74, 6) is 0.737. The van der Waals surface area contributed by atoms with Crippen LogP contribution in [0.5, 0.6) is 0 Å². The van der Waals surface area contributed by atoms with Gasteiger partial charge >= 0.3 is 0 Å². The number of amides is 2. The van der Waals surface area contributed by atoms with E-state index in [4.69, 9.17) is 4.42 Å². The molecule has 1 fully saturated rings. The Hall–Kier alpha value is -2.63. The smallest absolute Gasteiger partial charge is 0.254 e. The van der Waals surface area contributed by atoms with Crippen LogP contribution < -0.4 is 5.32 Å². The van der Waals surface area contributed by atoms with Crippen LogP contribution in [-0.4, -0.2) is 40.8 Å². The van der Waals surface area contributed by atoms with Crippen LogP contribution in [0.2, 0.25) is 0 Å². The van der Waals surface area contributed by atoms with Crippen molar-refractivity contribution in [1.82, 2.24) is 15.2 Å². The average Bonchev–Trinajstić information content (AvgIpc) is 3.10. The zero-order chi connectivity index (χ0) is 17.1. The largest absolute Gasteiger partial charge is 0.444 e. The molecule has 0 aliphatic carbocycles. The number of hydrogen-bond donors (Lipinski definition) is 1. The molecular weight excluding hydrogens is 306 g/mol. The monoisotopic (exact) mass is 327 g/mol. The maximum absolute atomic E-state index is 13.0. The first kappa shape index (κ1) is 16.2. The summed E-state index contributed by atoms with van der Waals surface area (Å²) in [6.45, 7) is 5.11. The molecule has 1 atom stereocenters.